The minimum atomic E-state index is 0.0239. The van der Waals surface area contributed by atoms with Gasteiger partial charge in [0.15, 0.2) is 0 Å². The molecular formula is C16H19N3O. The summed E-state index contributed by atoms with van der Waals surface area (Å²) in [6.07, 6.45) is 4.00. The predicted octanol–water partition coefficient (Wildman–Crippen LogP) is 2.54. The molecule has 1 heterocycles. The van der Waals surface area contributed by atoms with E-state index in [1.54, 1.807) is 19.4 Å². The number of aromatic nitrogens is 1. The Bertz CT molecular complexity index is 552. The number of carbonyl (C=O) groups is 1. The van der Waals surface area contributed by atoms with Crippen LogP contribution >= 0.6 is 0 Å². The van der Waals surface area contributed by atoms with Gasteiger partial charge in [-0.05, 0) is 42.3 Å². The summed E-state index contributed by atoms with van der Waals surface area (Å²) in [6, 6.07) is 12.1. The fourth-order valence-corrected chi connectivity index (χ4v) is 1.98. The van der Waals surface area contributed by atoms with Gasteiger partial charge in [-0.3, -0.25) is 9.78 Å². The van der Waals surface area contributed by atoms with Gasteiger partial charge >= 0.3 is 0 Å². The molecule has 2 aromatic rings. The molecule has 0 radical (unpaired) electrons. The molecule has 0 aliphatic heterocycles. The summed E-state index contributed by atoms with van der Waals surface area (Å²) >= 11 is 0. The largest absolute Gasteiger partial charge is 0.379 e. The molecule has 2 N–H and O–H groups in total. The Balaban J connectivity index is 1.98. The van der Waals surface area contributed by atoms with Crippen molar-refractivity contribution in [1.82, 2.24) is 10.3 Å². The Kier molecular flexibility index (Phi) is 4.71. The van der Waals surface area contributed by atoms with Crippen molar-refractivity contribution in [3.05, 3.63) is 59.9 Å². The lowest BCUT2D eigenvalue weighted by Gasteiger charge is -2.15. The van der Waals surface area contributed by atoms with E-state index < -0.39 is 0 Å². The molecule has 0 saturated carbocycles. The van der Waals surface area contributed by atoms with Crippen LogP contribution in [0, 0.1) is 0 Å². The molecule has 1 aromatic heterocycles. The van der Waals surface area contributed by atoms with Crippen molar-refractivity contribution in [2.75, 3.05) is 12.4 Å². The lowest BCUT2D eigenvalue weighted by molar-refractivity contribution is -0.119. The van der Waals surface area contributed by atoms with Crippen LogP contribution in [0.15, 0.2) is 48.8 Å². The summed E-state index contributed by atoms with van der Waals surface area (Å²) in [6.45, 7) is 2.10. The van der Waals surface area contributed by atoms with Gasteiger partial charge < -0.3 is 10.6 Å². The summed E-state index contributed by atoms with van der Waals surface area (Å²) in [5.74, 6) is 0.0239. The molecule has 0 aliphatic carbocycles. The van der Waals surface area contributed by atoms with Crippen molar-refractivity contribution in [2.24, 2.45) is 0 Å². The molecule has 0 saturated heterocycles. The zero-order valence-corrected chi connectivity index (χ0v) is 11.8. The third-order valence-electron chi connectivity index (χ3n) is 3.19. The van der Waals surface area contributed by atoms with Crippen LogP contribution in [0.1, 0.15) is 24.1 Å². The molecule has 0 bridgehead atoms. The van der Waals surface area contributed by atoms with E-state index in [-0.39, 0.29) is 11.9 Å². The van der Waals surface area contributed by atoms with Gasteiger partial charge in [0.05, 0.1) is 6.42 Å². The summed E-state index contributed by atoms with van der Waals surface area (Å²) in [5, 5.41) is 6.05. The van der Waals surface area contributed by atoms with E-state index in [1.165, 1.54) is 5.56 Å². The monoisotopic (exact) mass is 269 g/mol. The SMILES string of the molecule is CNC(=O)Cc1ccc(NC(C)c2ccncc2)cc1. The number of nitrogens with zero attached hydrogens (tertiary/aromatic N) is 1. The van der Waals surface area contributed by atoms with E-state index in [0.29, 0.717) is 6.42 Å². The second-order valence-electron chi connectivity index (χ2n) is 4.69. The molecule has 1 atom stereocenters. The minimum Gasteiger partial charge on any atom is -0.379 e. The van der Waals surface area contributed by atoms with Crippen LogP contribution in [-0.2, 0) is 11.2 Å². The highest BCUT2D eigenvalue weighted by atomic mass is 16.1. The van der Waals surface area contributed by atoms with E-state index >= 15 is 0 Å². The summed E-state index contributed by atoms with van der Waals surface area (Å²) in [4.78, 5) is 15.3. The number of hydrogen-bond acceptors (Lipinski definition) is 3. The van der Waals surface area contributed by atoms with Gasteiger partial charge in [0, 0.05) is 31.2 Å². The Morgan fingerprint density at radius 2 is 1.80 bits per heavy atom. The van der Waals surface area contributed by atoms with Crippen LogP contribution in [0.2, 0.25) is 0 Å². The highest BCUT2D eigenvalue weighted by Gasteiger charge is 2.05. The summed E-state index contributed by atoms with van der Waals surface area (Å²) in [7, 11) is 1.65. The third-order valence-corrected chi connectivity index (χ3v) is 3.19. The van der Waals surface area contributed by atoms with Crippen molar-refractivity contribution in [3.63, 3.8) is 0 Å². The standard InChI is InChI=1S/C16H19N3O/c1-12(14-7-9-18-10-8-14)19-15-5-3-13(4-6-15)11-16(20)17-2/h3-10,12,19H,11H2,1-2H3,(H,17,20). The normalized spacial score (nSPS) is 11.7. The molecule has 1 unspecified atom stereocenters. The molecule has 1 aromatic carbocycles. The lowest BCUT2D eigenvalue weighted by atomic mass is 10.1. The van der Waals surface area contributed by atoms with Crippen molar-refractivity contribution in [2.45, 2.75) is 19.4 Å². The number of hydrogen-bond donors (Lipinski definition) is 2. The molecule has 4 nitrogen and oxygen atoms in total. The first-order chi connectivity index (χ1) is 9.69. The van der Waals surface area contributed by atoms with Crippen LogP contribution < -0.4 is 10.6 Å². The topological polar surface area (TPSA) is 54.0 Å². The van der Waals surface area contributed by atoms with Gasteiger partial charge in [0.2, 0.25) is 5.91 Å². The van der Waals surface area contributed by atoms with E-state index in [9.17, 15) is 4.79 Å². The maximum atomic E-state index is 11.3. The number of likely N-dealkylation sites (N-methyl/N-ethyl adjacent to an activating group) is 1. The number of anilines is 1. The van der Waals surface area contributed by atoms with Crippen molar-refractivity contribution in [3.8, 4) is 0 Å². The van der Waals surface area contributed by atoms with Crippen molar-refractivity contribution < 1.29 is 4.79 Å². The molecule has 2 rings (SSSR count). The second kappa shape index (κ2) is 6.70. The predicted molar refractivity (Wildman–Crippen MR) is 80.5 cm³/mol. The Labute approximate surface area is 119 Å². The van der Waals surface area contributed by atoms with Crippen molar-refractivity contribution >= 4 is 11.6 Å². The minimum absolute atomic E-state index is 0.0239. The maximum Gasteiger partial charge on any atom is 0.224 e. The quantitative estimate of drug-likeness (QED) is 0.877. The van der Waals surface area contributed by atoms with E-state index in [4.69, 9.17) is 0 Å². The molecule has 20 heavy (non-hydrogen) atoms. The van der Waals surface area contributed by atoms with Gasteiger partial charge in [-0.2, -0.15) is 0 Å². The van der Waals surface area contributed by atoms with Crippen LogP contribution in [0.3, 0.4) is 0 Å². The highest BCUT2D eigenvalue weighted by Crippen LogP contribution is 2.19. The zero-order valence-electron chi connectivity index (χ0n) is 11.8. The zero-order chi connectivity index (χ0) is 14.4. The number of pyridine rings is 1. The number of amides is 1. The molecule has 0 fully saturated rings. The van der Waals surface area contributed by atoms with Crippen molar-refractivity contribution in [1.29, 1.82) is 0 Å². The van der Waals surface area contributed by atoms with Gasteiger partial charge in [0.25, 0.3) is 0 Å². The number of rotatable bonds is 5. The van der Waals surface area contributed by atoms with Crippen LogP contribution in [0.4, 0.5) is 5.69 Å². The molecule has 0 aliphatic rings. The van der Waals surface area contributed by atoms with E-state index in [0.717, 1.165) is 11.3 Å². The number of nitrogens with one attached hydrogen (secondary N) is 2. The van der Waals surface area contributed by atoms with E-state index in [1.807, 2.05) is 36.4 Å². The highest BCUT2D eigenvalue weighted by molar-refractivity contribution is 5.78. The first-order valence-electron chi connectivity index (χ1n) is 6.65. The fraction of sp³-hybridized carbons (Fsp3) is 0.250. The third kappa shape index (κ3) is 3.82. The fourth-order valence-electron chi connectivity index (χ4n) is 1.98. The number of benzene rings is 1. The maximum absolute atomic E-state index is 11.3. The van der Waals surface area contributed by atoms with Gasteiger partial charge in [-0.15, -0.1) is 0 Å². The van der Waals surface area contributed by atoms with Crippen LogP contribution in [0.25, 0.3) is 0 Å². The summed E-state index contributed by atoms with van der Waals surface area (Å²) < 4.78 is 0. The average Bonchev–Trinajstić information content (AvgIpc) is 2.50. The van der Waals surface area contributed by atoms with Gasteiger partial charge in [-0.1, -0.05) is 12.1 Å². The van der Waals surface area contributed by atoms with Gasteiger partial charge in [0.1, 0.15) is 0 Å². The molecule has 4 heteroatoms. The average molecular weight is 269 g/mol. The molecule has 0 spiro atoms. The smallest absolute Gasteiger partial charge is 0.224 e. The van der Waals surface area contributed by atoms with E-state index in [2.05, 4.69) is 22.5 Å². The first kappa shape index (κ1) is 14.1. The Morgan fingerprint density at radius 1 is 1.15 bits per heavy atom. The second-order valence-corrected chi connectivity index (χ2v) is 4.69. The lowest BCUT2D eigenvalue weighted by Crippen LogP contribution is -2.19. The molecule has 1 amide bonds. The molecular weight excluding hydrogens is 250 g/mol. The first-order valence-corrected chi connectivity index (χ1v) is 6.65. The summed E-state index contributed by atoms with van der Waals surface area (Å²) in [5.41, 5.74) is 3.23. The van der Waals surface area contributed by atoms with Crippen LogP contribution in [0.5, 0.6) is 0 Å². The molecule has 104 valence electrons. The number of carbonyl (C=O) groups excluding carboxylic acids is 1. The Hall–Kier alpha value is -2.36. The Morgan fingerprint density at radius 3 is 2.40 bits per heavy atom. The van der Waals surface area contributed by atoms with Crippen LogP contribution in [-0.4, -0.2) is 17.9 Å². The van der Waals surface area contributed by atoms with Gasteiger partial charge in [-0.25, -0.2) is 0 Å².